The van der Waals surface area contributed by atoms with Crippen LogP contribution in [0.1, 0.15) is 11.1 Å². The minimum absolute atomic E-state index is 0.0576. The second-order valence-electron chi connectivity index (χ2n) is 3.22. The molecule has 0 saturated carbocycles. The molecule has 1 aromatic heterocycles. The largest absolute Gasteiger partial charge is 0.489 e. The first-order chi connectivity index (χ1) is 7.38. The van der Waals surface area contributed by atoms with Gasteiger partial charge in [-0.1, -0.05) is 12.1 Å². The van der Waals surface area contributed by atoms with Crippen molar-refractivity contribution in [3.8, 4) is 5.75 Å². The molecular weight excluding hydrogens is 192 g/mol. The number of aliphatic hydroxyl groups excluding tert-OH is 1. The van der Waals surface area contributed by atoms with Gasteiger partial charge >= 0.3 is 0 Å². The molecule has 1 N–H and O–H groups in total. The van der Waals surface area contributed by atoms with Crippen molar-refractivity contribution in [2.75, 3.05) is 0 Å². The van der Waals surface area contributed by atoms with E-state index in [1.807, 2.05) is 30.3 Å². The summed E-state index contributed by atoms with van der Waals surface area (Å²) >= 11 is 0. The monoisotopic (exact) mass is 204 g/mol. The maximum atomic E-state index is 8.86. The van der Waals surface area contributed by atoms with Crippen LogP contribution in [-0.2, 0) is 13.2 Å². The van der Waals surface area contributed by atoms with Crippen molar-refractivity contribution in [3.05, 3.63) is 54.0 Å². The fourth-order valence-corrected chi connectivity index (χ4v) is 1.23. The number of benzene rings is 1. The Kier molecular flexibility index (Phi) is 3.05. The predicted molar refractivity (Wildman–Crippen MR) is 55.4 cm³/mol. The second kappa shape index (κ2) is 4.66. The molecule has 0 atom stereocenters. The summed E-state index contributed by atoms with van der Waals surface area (Å²) < 4.78 is 10.4. The van der Waals surface area contributed by atoms with Gasteiger partial charge < -0.3 is 14.3 Å². The maximum Gasteiger partial charge on any atom is 0.119 e. The first kappa shape index (κ1) is 9.80. The van der Waals surface area contributed by atoms with Gasteiger partial charge in [-0.05, 0) is 23.8 Å². The van der Waals surface area contributed by atoms with Gasteiger partial charge in [0.05, 0.1) is 19.1 Å². The Bertz CT molecular complexity index is 389. The van der Waals surface area contributed by atoms with E-state index in [0.29, 0.717) is 6.61 Å². The summed E-state index contributed by atoms with van der Waals surface area (Å²) in [5, 5.41) is 8.86. The average Bonchev–Trinajstić information content (AvgIpc) is 2.80. The van der Waals surface area contributed by atoms with Gasteiger partial charge in [-0.25, -0.2) is 0 Å². The van der Waals surface area contributed by atoms with Crippen molar-refractivity contribution in [1.82, 2.24) is 0 Å². The molecule has 0 unspecified atom stereocenters. The van der Waals surface area contributed by atoms with Crippen molar-refractivity contribution in [3.63, 3.8) is 0 Å². The van der Waals surface area contributed by atoms with Crippen molar-refractivity contribution < 1.29 is 14.3 Å². The summed E-state index contributed by atoms with van der Waals surface area (Å²) in [4.78, 5) is 0. The van der Waals surface area contributed by atoms with Gasteiger partial charge in [0.1, 0.15) is 12.4 Å². The lowest BCUT2D eigenvalue weighted by molar-refractivity contribution is 0.280. The molecular formula is C12H12O3. The van der Waals surface area contributed by atoms with Crippen LogP contribution in [0.5, 0.6) is 5.75 Å². The van der Waals surface area contributed by atoms with E-state index in [9.17, 15) is 0 Å². The summed E-state index contributed by atoms with van der Waals surface area (Å²) in [6.07, 6.45) is 3.27. The molecule has 1 aromatic carbocycles. The fraction of sp³-hybridized carbons (Fsp3) is 0.167. The molecule has 0 radical (unpaired) electrons. The van der Waals surface area contributed by atoms with E-state index in [1.54, 1.807) is 12.5 Å². The lowest BCUT2D eigenvalue weighted by atomic mass is 10.2. The van der Waals surface area contributed by atoms with Crippen molar-refractivity contribution in [2.45, 2.75) is 13.2 Å². The first-order valence-corrected chi connectivity index (χ1v) is 4.72. The average molecular weight is 204 g/mol. The van der Waals surface area contributed by atoms with Crippen LogP contribution in [0.2, 0.25) is 0 Å². The van der Waals surface area contributed by atoms with Crippen LogP contribution in [0.4, 0.5) is 0 Å². The molecule has 0 bridgehead atoms. The number of rotatable bonds is 4. The molecule has 2 rings (SSSR count). The SMILES string of the molecule is OCc1ccc(OCc2ccoc2)cc1. The Labute approximate surface area is 87.9 Å². The molecule has 0 aliphatic carbocycles. The normalized spacial score (nSPS) is 10.2. The van der Waals surface area contributed by atoms with Crippen LogP contribution in [0.25, 0.3) is 0 Å². The Morgan fingerprint density at radius 3 is 2.47 bits per heavy atom. The van der Waals surface area contributed by atoms with Crippen molar-refractivity contribution in [2.24, 2.45) is 0 Å². The number of ether oxygens (including phenoxy) is 1. The second-order valence-corrected chi connectivity index (χ2v) is 3.22. The molecule has 0 aliphatic heterocycles. The topological polar surface area (TPSA) is 42.6 Å². The minimum atomic E-state index is 0.0576. The third-order valence-corrected chi connectivity index (χ3v) is 2.09. The molecule has 78 valence electrons. The van der Waals surface area contributed by atoms with Gasteiger partial charge in [-0.2, -0.15) is 0 Å². The molecule has 0 fully saturated rings. The number of hydrogen-bond acceptors (Lipinski definition) is 3. The van der Waals surface area contributed by atoms with Crippen LogP contribution >= 0.6 is 0 Å². The molecule has 0 saturated heterocycles. The third kappa shape index (κ3) is 2.60. The Morgan fingerprint density at radius 2 is 1.87 bits per heavy atom. The lowest BCUT2D eigenvalue weighted by Gasteiger charge is -2.04. The molecule has 3 heteroatoms. The van der Waals surface area contributed by atoms with Crippen LogP contribution in [0, 0.1) is 0 Å². The van der Waals surface area contributed by atoms with E-state index in [2.05, 4.69) is 0 Å². The zero-order chi connectivity index (χ0) is 10.5. The highest BCUT2D eigenvalue weighted by molar-refractivity contribution is 5.27. The number of aliphatic hydroxyl groups is 1. The highest BCUT2D eigenvalue weighted by Gasteiger charge is 1.97. The van der Waals surface area contributed by atoms with Gasteiger partial charge in [-0.3, -0.25) is 0 Å². The zero-order valence-electron chi connectivity index (χ0n) is 8.22. The van der Waals surface area contributed by atoms with Gasteiger partial charge in [0.2, 0.25) is 0 Å². The van der Waals surface area contributed by atoms with E-state index >= 15 is 0 Å². The maximum absolute atomic E-state index is 8.86. The smallest absolute Gasteiger partial charge is 0.119 e. The summed E-state index contributed by atoms with van der Waals surface area (Å²) in [6, 6.07) is 9.22. The van der Waals surface area contributed by atoms with Gasteiger partial charge in [0.15, 0.2) is 0 Å². The minimum Gasteiger partial charge on any atom is -0.489 e. The number of furan rings is 1. The molecule has 0 amide bonds. The Hall–Kier alpha value is -1.74. The van der Waals surface area contributed by atoms with E-state index in [-0.39, 0.29) is 6.61 Å². The third-order valence-electron chi connectivity index (χ3n) is 2.09. The van der Waals surface area contributed by atoms with E-state index in [0.717, 1.165) is 16.9 Å². The van der Waals surface area contributed by atoms with Gasteiger partial charge in [0, 0.05) is 5.56 Å². The summed E-state index contributed by atoms with van der Waals surface area (Å²) in [6.45, 7) is 0.553. The predicted octanol–water partition coefficient (Wildman–Crippen LogP) is 2.35. The summed E-state index contributed by atoms with van der Waals surface area (Å²) in [5.74, 6) is 0.786. The quantitative estimate of drug-likeness (QED) is 0.831. The van der Waals surface area contributed by atoms with Crippen LogP contribution < -0.4 is 4.74 Å². The van der Waals surface area contributed by atoms with Crippen molar-refractivity contribution >= 4 is 0 Å². The zero-order valence-corrected chi connectivity index (χ0v) is 8.22. The summed E-state index contributed by atoms with van der Waals surface area (Å²) in [7, 11) is 0. The van der Waals surface area contributed by atoms with E-state index in [4.69, 9.17) is 14.3 Å². The molecule has 2 aromatic rings. The summed E-state index contributed by atoms with van der Waals surface area (Å²) in [5.41, 5.74) is 1.88. The van der Waals surface area contributed by atoms with E-state index < -0.39 is 0 Å². The highest BCUT2D eigenvalue weighted by atomic mass is 16.5. The van der Waals surface area contributed by atoms with Crippen LogP contribution in [-0.4, -0.2) is 5.11 Å². The van der Waals surface area contributed by atoms with Crippen molar-refractivity contribution in [1.29, 1.82) is 0 Å². The molecule has 3 nitrogen and oxygen atoms in total. The molecule has 0 spiro atoms. The first-order valence-electron chi connectivity index (χ1n) is 4.72. The molecule has 0 aliphatic rings. The standard InChI is InChI=1S/C12H12O3/c13-7-10-1-3-12(4-2-10)15-9-11-5-6-14-8-11/h1-6,8,13H,7,9H2. The van der Waals surface area contributed by atoms with Gasteiger partial charge in [0.25, 0.3) is 0 Å². The number of hydrogen-bond donors (Lipinski definition) is 1. The lowest BCUT2D eigenvalue weighted by Crippen LogP contribution is -1.93. The highest BCUT2D eigenvalue weighted by Crippen LogP contribution is 2.14. The molecule has 1 heterocycles. The van der Waals surface area contributed by atoms with Crippen LogP contribution in [0.3, 0.4) is 0 Å². The Morgan fingerprint density at radius 1 is 1.07 bits per heavy atom. The fourth-order valence-electron chi connectivity index (χ4n) is 1.23. The van der Waals surface area contributed by atoms with Crippen LogP contribution in [0.15, 0.2) is 47.3 Å². The molecule has 15 heavy (non-hydrogen) atoms. The van der Waals surface area contributed by atoms with Gasteiger partial charge in [-0.15, -0.1) is 0 Å². The Balaban J connectivity index is 1.93. The van der Waals surface area contributed by atoms with E-state index in [1.165, 1.54) is 0 Å².